The molecule has 1 nitrogen and oxygen atoms in total. The van der Waals surface area contributed by atoms with Gasteiger partial charge in [0, 0.05) is 0 Å². The highest BCUT2D eigenvalue weighted by Gasteiger charge is 2.21. The van der Waals surface area contributed by atoms with E-state index in [9.17, 15) is 0 Å². The Balaban J connectivity index is 2.15. The van der Waals surface area contributed by atoms with Crippen molar-refractivity contribution in [3.8, 4) is 0 Å². The van der Waals surface area contributed by atoms with E-state index >= 15 is 0 Å². The highest BCUT2D eigenvalue weighted by molar-refractivity contribution is 5.20. The Hall–Kier alpha value is -0.820. The second-order valence-electron chi connectivity index (χ2n) is 3.99. The molecule has 1 heterocycles. The van der Waals surface area contributed by atoms with Crippen molar-refractivity contribution in [3.05, 3.63) is 35.9 Å². The number of hydrogen-bond donors (Lipinski definition) is 1. The zero-order valence-corrected chi connectivity index (χ0v) is 8.16. The van der Waals surface area contributed by atoms with Crippen LogP contribution in [0.2, 0.25) is 0 Å². The molecule has 1 aromatic rings. The predicted octanol–water partition coefficient (Wildman–Crippen LogP) is 2.40. The molecular formula is C12H17N. The van der Waals surface area contributed by atoms with Crippen molar-refractivity contribution in [2.45, 2.75) is 19.3 Å². The normalized spacial score (nSPS) is 28.7. The summed E-state index contributed by atoms with van der Waals surface area (Å²) in [4.78, 5) is 0. The Morgan fingerprint density at radius 2 is 2.00 bits per heavy atom. The van der Waals surface area contributed by atoms with Gasteiger partial charge in [-0.15, -0.1) is 0 Å². The van der Waals surface area contributed by atoms with Crippen molar-refractivity contribution in [2.75, 3.05) is 13.1 Å². The molecule has 70 valence electrons. The highest BCUT2D eigenvalue weighted by Crippen LogP contribution is 2.29. The second kappa shape index (κ2) is 3.93. The molecule has 0 amide bonds. The number of piperidine rings is 1. The lowest BCUT2D eigenvalue weighted by Gasteiger charge is -2.29. The lowest BCUT2D eigenvalue weighted by molar-refractivity contribution is 0.349. The first-order valence-corrected chi connectivity index (χ1v) is 5.13. The average molecular weight is 175 g/mol. The van der Waals surface area contributed by atoms with Crippen LogP contribution in [0.25, 0.3) is 0 Å². The third kappa shape index (κ3) is 1.92. The molecule has 0 aliphatic carbocycles. The van der Waals surface area contributed by atoms with E-state index in [0.717, 1.165) is 11.8 Å². The van der Waals surface area contributed by atoms with Crippen molar-refractivity contribution in [3.63, 3.8) is 0 Å². The number of hydrogen-bond acceptors (Lipinski definition) is 1. The van der Waals surface area contributed by atoms with Gasteiger partial charge in [-0.2, -0.15) is 0 Å². The quantitative estimate of drug-likeness (QED) is 0.691. The Morgan fingerprint density at radius 3 is 2.69 bits per heavy atom. The monoisotopic (exact) mass is 175 g/mol. The summed E-state index contributed by atoms with van der Waals surface area (Å²) in [6.45, 7) is 4.67. The maximum Gasteiger partial charge on any atom is -0.00173 e. The zero-order chi connectivity index (χ0) is 9.10. The molecule has 0 radical (unpaired) electrons. The van der Waals surface area contributed by atoms with Crippen molar-refractivity contribution < 1.29 is 0 Å². The number of benzene rings is 1. The fraction of sp³-hybridized carbons (Fsp3) is 0.500. The average Bonchev–Trinajstić information content (AvgIpc) is 2.20. The predicted molar refractivity (Wildman–Crippen MR) is 55.8 cm³/mol. The Morgan fingerprint density at radius 1 is 1.23 bits per heavy atom. The molecule has 0 bridgehead atoms. The molecule has 0 aromatic heterocycles. The molecule has 1 heteroatoms. The van der Waals surface area contributed by atoms with Crippen LogP contribution in [0.15, 0.2) is 30.3 Å². The van der Waals surface area contributed by atoms with Crippen LogP contribution >= 0.6 is 0 Å². The van der Waals surface area contributed by atoms with Crippen molar-refractivity contribution in [2.24, 2.45) is 5.92 Å². The van der Waals surface area contributed by atoms with Gasteiger partial charge in [-0.1, -0.05) is 37.3 Å². The molecule has 1 aliphatic heterocycles. The van der Waals surface area contributed by atoms with Gasteiger partial charge in [0.2, 0.25) is 0 Å². The maximum atomic E-state index is 3.43. The Kier molecular flexibility index (Phi) is 2.65. The summed E-state index contributed by atoms with van der Waals surface area (Å²) >= 11 is 0. The molecule has 2 rings (SSSR count). The number of rotatable bonds is 1. The minimum absolute atomic E-state index is 0.766. The Bertz CT molecular complexity index is 255. The minimum Gasteiger partial charge on any atom is -0.316 e. The molecule has 1 saturated heterocycles. The lowest BCUT2D eigenvalue weighted by Crippen LogP contribution is -2.33. The summed E-state index contributed by atoms with van der Waals surface area (Å²) in [6.07, 6.45) is 1.28. The van der Waals surface area contributed by atoms with E-state index in [1.807, 2.05) is 0 Å². The molecule has 1 aliphatic rings. The van der Waals surface area contributed by atoms with Gasteiger partial charge >= 0.3 is 0 Å². The van der Waals surface area contributed by atoms with Crippen molar-refractivity contribution >= 4 is 0 Å². The second-order valence-corrected chi connectivity index (χ2v) is 3.99. The molecule has 1 fully saturated rings. The summed E-state index contributed by atoms with van der Waals surface area (Å²) < 4.78 is 0. The third-order valence-electron chi connectivity index (χ3n) is 3.01. The van der Waals surface area contributed by atoms with Gasteiger partial charge in [-0.25, -0.2) is 0 Å². The van der Waals surface area contributed by atoms with E-state index in [1.165, 1.54) is 25.1 Å². The molecule has 1 N–H and O–H groups in total. The summed E-state index contributed by atoms with van der Waals surface area (Å²) in [5.41, 5.74) is 1.51. The summed E-state index contributed by atoms with van der Waals surface area (Å²) in [5, 5.41) is 3.43. The van der Waals surface area contributed by atoms with Crippen molar-refractivity contribution in [1.29, 1.82) is 0 Å². The van der Waals surface area contributed by atoms with Crippen LogP contribution in [0.5, 0.6) is 0 Å². The summed E-state index contributed by atoms with van der Waals surface area (Å²) in [5.74, 6) is 1.54. The van der Waals surface area contributed by atoms with Gasteiger partial charge in [0.05, 0.1) is 0 Å². The van der Waals surface area contributed by atoms with Crippen molar-refractivity contribution in [1.82, 2.24) is 5.32 Å². The van der Waals surface area contributed by atoms with Crippen LogP contribution < -0.4 is 5.32 Å². The lowest BCUT2D eigenvalue weighted by atomic mass is 9.82. The van der Waals surface area contributed by atoms with E-state index in [4.69, 9.17) is 0 Å². The standard InChI is InChI=1S/C12H17N/c1-10-9-13-8-7-12(10)11-5-3-2-4-6-11/h2-6,10,12-13H,7-9H2,1H3/t10-,12+/m0/s1. The van der Waals surface area contributed by atoms with Crippen LogP contribution in [0.4, 0.5) is 0 Å². The van der Waals surface area contributed by atoms with Gasteiger partial charge in [0.15, 0.2) is 0 Å². The SMILES string of the molecule is C[C@H]1CNCC[C@H]1c1ccccc1. The van der Waals surface area contributed by atoms with E-state index in [-0.39, 0.29) is 0 Å². The van der Waals surface area contributed by atoms with Crippen LogP contribution in [0.1, 0.15) is 24.8 Å². The molecule has 2 atom stereocenters. The highest BCUT2D eigenvalue weighted by atomic mass is 14.9. The maximum absolute atomic E-state index is 3.43. The number of nitrogens with one attached hydrogen (secondary N) is 1. The van der Waals surface area contributed by atoms with Crippen LogP contribution in [0.3, 0.4) is 0 Å². The van der Waals surface area contributed by atoms with E-state index < -0.39 is 0 Å². The Labute approximate surface area is 80.2 Å². The van der Waals surface area contributed by atoms with Crippen LogP contribution in [-0.4, -0.2) is 13.1 Å². The smallest absolute Gasteiger partial charge is 0.00173 e. The molecule has 0 spiro atoms. The van der Waals surface area contributed by atoms with Gasteiger partial charge in [0.25, 0.3) is 0 Å². The molecule has 1 aromatic carbocycles. The molecule has 0 saturated carbocycles. The summed E-state index contributed by atoms with van der Waals surface area (Å²) in [7, 11) is 0. The topological polar surface area (TPSA) is 12.0 Å². The molecular weight excluding hydrogens is 158 g/mol. The first kappa shape index (κ1) is 8.76. The third-order valence-corrected chi connectivity index (χ3v) is 3.01. The van der Waals surface area contributed by atoms with E-state index in [1.54, 1.807) is 0 Å². The van der Waals surface area contributed by atoms with E-state index in [2.05, 4.69) is 42.6 Å². The zero-order valence-electron chi connectivity index (χ0n) is 8.16. The molecule has 13 heavy (non-hydrogen) atoms. The van der Waals surface area contributed by atoms with Crippen LogP contribution in [-0.2, 0) is 0 Å². The van der Waals surface area contributed by atoms with E-state index in [0.29, 0.717) is 0 Å². The largest absolute Gasteiger partial charge is 0.316 e. The first-order chi connectivity index (χ1) is 6.38. The summed E-state index contributed by atoms with van der Waals surface area (Å²) in [6, 6.07) is 10.9. The van der Waals surface area contributed by atoms with Gasteiger partial charge in [-0.3, -0.25) is 0 Å². The van der Waals surface area contributed by atoms with Gasteiger partial charge < -0.3 is 5.32 Å². The fourth-order valence-electron chi connectivity index (χ4n) is 2.21. The van der Waals surface area contributed by atoms with Gasteiger partial charge in [-0.05, 0) is 36.9 Å². The first-order valence-electron chi connectivity index (χ1n) is 5.13. The van der Waals surface area contributed by atoms with Gasteiger partial charge in [0.1, 0.15) is 0 Å². The minimum atomic E-state index is 0.766. The fourth-order valence-corrected chi connectivity index (χ4v) is 2.21. The van der Waals surface area contributed by atoms with Crippen LogP contribution in [0, 0.1) is 5.92 Å². The molecule has 0 unspecified atom stereocenters.